The Morgan fingerprint density at radius 2 is 1.96 bits per heavy atom. The van der Waals surface area contributed by atoms with Crippen LogP contribution in [0.25, 0.3) is 0 Å². The molecule has 8 heteroatoms. The molecule has 1 atom stereocenters. The van der Waals surface area contributed by atoms with E-state index in [4.69, 9.17) is 5.73 Å². The fourth-order valence-corrected chi connectivity index (χ4v) is 3.25. The molecule has 0 aliphatic carbocycles. The van der Waals surface area contributed by atoms with E-state index in [1.807, 2.05) is 13.8 Å². The first-order valence-electron chi connectivity index (χ1n) is 8.52. The Hall–Kier alpha value is -2.58. The van der Waals surface area contributed by atoms with Crippen LogP contribution in [0, 0.1) is 0 Å². The highest BCUT2D eigenvalue weighted by Gasteiger charge is 2.45. The second-order valence-electron chi connectivity index (χ2n) is 7.38. The number of nitrogens with two attached hydrogens (primary N) is 1. The van der Waals surface area contributed by atoms with Crippen LogP contribution in [0.5, 0.6) is 0 Å². The number of nitrogens with one attached hydrogen (secondary N) is 2. The van der Waals surface area contributed by atoms with Crippen LogP contribution in [-0.4, -0.2) is 46.7 Å². The van der Waals surface area contributed by atoms with Gasteiger partial charge in [0.25, 0.3) is 11.8 Å². The molecule has 0 aromatic heterocycles. The number of amides is 4. The van der Waals surface area contributed by atoms with Crippen molar-refractivity contribution >= 4 is 23.6 Å². The standard InChI is InChI=1S/C18H22N4O4/c1-18(2,19)9-20-8-10-4-3-5-11-14(10)17(26)22(16(11)25)12-6-7-13(23)21-15(12)24/h3-5,12,20H,6-9,19H2,1-2H3,(H,21,23,24). The van der Waals surface area contributed by atoms with Crippen LogP contribution >= 0.6 is 0 Å². The molecule has 4 amide bonds. The summed E-state index contributed by atoms with van der Waals surface area (Å²) in [6, 6.07) is 4.11. The smallest absolute Gasteiger partial charge is 0.262 e. The third-order valence-electron chi connectivity index (χ3n) is 4.45. The maximum Gasteiger partial charge on any atom is 0.262 e. The van der Waals surface area contributed by atoms with Gasteiger partial charge >= 0.3 is 0 Å². The molecule has 0 bridgehead atoms. The number of hydrogen-bond donors (Lipinski definition) is 3. The van der Waals surface area contributed by atoms with Crippen LogP contribution in [0.4, 0.5) is 0 Å². The minimum atomic E-state index is -0.955. The van der Waals surface area contributed by atoms with E-state index in [0.717, 1.165) is 4.90 Å². The lowest BCUT2D eigenvalue weighted by Gasteiger charge is -2.27. The zero-order chi connectivity index (χ0) is 19.1. The van der Waals surface area contributed by atoms with E-state index in [2.05, 4.69) is 10.6 Å². The van der Waals surface area contributed by atoms with E-state index in [-0.39, 0.29) is 18.4 Å². The first-order valence-corrected chi connectivity index (χ1v) is 8.52. The third-order valence-corrected chi connectivity index (χ3v) is 4.45. The summed E-state index contributed by atoms with van der Waals surface area (Å²) >= 11 is 0. The number of piperidine rings is 1. The summed E-state index contributed by atoms with van der Waals surface area (Å²) in [5.74, 6) is -2.00. The molecule has 1 fully saturated rings. The number of fused-ring (bicyclic) bond motifs is 1. The third kappa shape index (κ3) is 3.38. The number of hydrogen-bond acceptors (Lipinski definition) is 6. The van der Waals surface area contributed by atoms with Crippen LogP contribution in [0.15, 0.2) is 18.2 Å². The van der Waals surface area contributed by atoms with Gasteiger partial charge in [-0.1, -0.05) is 12.1 Å². The predicted octanol–water partition coefficient (Wildman–Crippen LogP) is -0.0853. The number of imide groups is 2. The van der Waals surface area contributed by atoms with E-state index in [1.54, 1.807) is 18.2 Å². The van der Waals surface area contributed by atoms with Crippen molar-refractivity contribution in [2.75, 3.05) is 6.54 Å². The minimum Gasteiger partial charge on any atom is -0.324 e. The molecule has 2 heterocycles. The van der Waals surface area contributed by atoms with Gasteiger partial charge in [0, 0.05) is 25.0 Å². The molecule has 0 radical (unpaired) electrons. The van der Waals surface area contributed by atoms with Crippen LogP contribution in [0.2, 0.25) is 0 Å². The first-order chi connectivity index (χ1) is 12.2. The highest BCUT2D eigenvalue weighted by molar-refractivity contribution is 6.24. The van der Waals surface area contributed by atoms with Crippen molar-refractivity contribution in [3.8, 4) is 0 Å². The topological polar surface area (TPSA) is 122 Å². The highest BCUT2D eigenvalue weighted by atomic mass is 16.2. The summed E-state index contributed by atoms with van der Waals surface area (Å²) < 4.78 is 0. The molecule has 1 saturated heterocycles. The average Bonchev–Trinajstić information content (AvgIpc) is 2.79. The van der Waals surface area contributed by atoms with E-state index in [9.17, 15) is 19.2 Å². The van der Waals surface area contributed by atoms with E-state index in [0.29, 0.717) is 24.2 Å². The Morgan fingerprint density at radius 3 is 2.62 bits per heavy atom. The van der Waals surface area contributed by atoms with Crippen molar-refractivity contribution in [1.29, 1.82) is 0 Å². The van der Waals surface area contributed by atoms with Crippen LogP contribution < -0.4 is 16.4 Å². The molecule has 8 nitrogen and oxygen atoms in total. The Morgan fingerprint density at radius 1 is 1.23 bits per heavy atom. The summed E-state index contributed by atoms with van der Waals surface area (Å²) in [7, 11) is 0. The van der Waals surface area contributed by atoms with Gasteiger partial charge in [0.05, 0.1) is 11.1 Å². The van der Waals surface area contributed by atoms with E-state index < -0.39 is 35.2 Å². The molecule has 1 unspecified atom stereocenters. The Bertz CT molecular complexity index is 797. The van der Waals surface area contributed by atoms with Crippen LogP contribution in [0.3, 0.4) is 0 Å². The summed E-state index contributed by atoms with van der Waals surface area (Å²) in [4.78, 5) is 50.0. The second-order valence-corrected chi connectivity index (χ2v) is 7.38. The second kappa shape index (κ2) is 6.62. The van der Waals surface area contributed by atoms with Crippen molar-refractivity contribution < 1.29 is 19.2 Å². The van der Waals surface area contributed by atoms with Gasteiger partial charge in [-0.25, -0.2) is 0 Å². The number of benzene rings is 1. The quantitative estimate of drug-likeness (QED) is 0.633. The monoisotopic (exact) mass is 358 g/mol. The maximum atomic E-state index is 12.9. The molecular weight excluding hydrogens is 336 g/mol. The van der Waals surface area contributed by atoms with Crippen LogP contribution in [-0.2, 0) is 16.1 Å². The minimum absolute atomic E-state index is 0.101. The fraction of sp³-hybridized carbons (Fsp3) is 0.444. The van der Waals surface area contributed by atoms with Gasteiger partial charge in [-0.2, -0.15) is 0 Å². The van der Waals surface area contributed by atoms with Gasteiger partial charge in [0.1, 0.15) is 6.04 Å². The summed E-state index contributed by atoms with van der Waals surface area (Å²) in [6.45, 7) is 4.69. The van der Waals surface area contributed by atoms with E-state index in [1.165, 1.54) is 0 Å². The largest absolute Gasteiger partial charge is 0.324 e. The lowest BCUT2D eigenvalue weighted by molar-refractivity contribution is -0.136. The van der Waals surface area contributed by atoms with Crippen molar-refractivity contribution in [1.82, 2.24) is 15.5 Å². The van der Waals surface area contributed by atoms with E-state index >= 15 is 0 Å². The summed E-state index contributed by atoms with van der Waals surface area (Å²) in [5.41, 5.74) is 6.81. The maximum absolute atomic E-state index is 12.9. The Balaban J connectivity index is 1.85. The van der Waals surface area contributed by atoms with Gasteiger partial charge in [-0.3, -0.25) is 29.4 Å². The van der Waals surface area contributed by atoms with Crippen molar-refractivity contribution in [2.24, 2.45) is 5.73 Å². The molecule has 26 heavy (non-hydrogen) atoms. The predicted molar refractivity (Wildman–Crippen MR) is 93.1 cm³/mol. The van der Waals surface area contributed by atoms with Gasteiger partial charge in [0.2, 0.25) is 11.8 Å². The van der Waals surface area contributed by atoms with Crippen molar-refractivity contribution in [2.45, 2.75) is 44.8 Å². The van der Waals surface area contributed by atoms with Crippen LogP contribution in [0.1, 0.15) is 53.0 Å². The van der Waals surface area contributed by atoms with Gasteiger partial charge in [0.15, 0.2) is 0 Å². The lowest BCUT2D eigenvalue weighted by Crippen LogP contribution is -2.54. The molecule has 4 N–H and O–H groups in total. The molecule has 1 aromatic carbocycles. The average molecular weight is 358 g/mol. The normalized spacial score (nSPS) is 20.4. The first kappa shape index (κ1) is 18.2. The highest BCUT2D eigenvalue weighted by Crippen LogP contribution is 2.29. The Kier molecular flexibility index (Phi) is 4.64. The zero-order valence-electron chi connectivity index (χ0n) is 14.8. The molecule has 3 rings (SSSR count). The molecule has 0 spiro atoms. The number of carbonyl (C=O) groups excluding carboxylic acids is 4. The molecule has 2 aliphatic rings. The Labute approximate surface area is 151 Å². The summed E-state index contributed by atoms with van der Waals surface area (Å²) in [6.07, 6.45) is 0.245. The SMILES string of the molecule is CC(C)(N)CNCc1cccc2c1C(=O)N(C1CCC(=O)NC1=O)C2=O. The number of carbonyl (C=O) groups is 4. The lowest BCUT2D eigenvalue weighted by atomic mass is 10.0. The molecule has 0 saturated carbocycles. The molecule has 2 aliphatic heterocycles. The molecular formula is C18H22N4O4. The fourth-order valence-electron chi connectivity index (χ4n) is 3.25. The van der Waals surface area contributed by atoms with Gasteiger partial charge < -0.3 is 11.1 Å². The van der Waals surface area contributed by atoms with Gasteiger partial charge in [-0.05, 0) is 31.9 Å². The number of rotatable bonds is 5. The molecule has 138 valence electrons. The zero-order valence-corrected chi connectivity index (χ0v) is 14.8. The number of nitrogens with zero attached hydrogens (tertiary/aromatic N) is 1. The molecule has 1 aromatic rings. The summed E-state index contributed by atoms with van der Waals surface area (Å²) in [5, 5.41) is 5.37. The van der Waals surface area contributed by atoms with Crippen molar-refractivity contribution in [3.63, 3.8) is 0 Å². The van der Waals surface area contributed by atoms with Crippen molar-refractivity contribution in [3.05, 3.63) is 34.9 Å². The van der Waals surface area contributed by atoms with Gasteiger partial charge in [-0.15, -0.1) is 0 Å².